The number of morpholine rings is 1. The summed E-state index contributed by atoms with van der Waals surface area (Å²) in [6.07, 6.45) is 0.303. The molecule has 1 N–H and O–H groups in total. The average molecular weight is 419 g/mol. The summed E-state index contributed by atoms with van der Waals surface area (Å²) < 4.78 is 26.3. The van der Waals surface area contributed by atoms with E-state index in [1.165, 1.54) is 17.7 Å². The van der Waals surface area contributed by atoms with Crippen LogP contribution in [0.2, 0.25) is 0 Å². The molecule has 5 rings (SSSR count). The molecule has 0 amide bonds. The molecule has 3 unspecified atom stereocenters. The molecule has 160 valence electrons. The van der Waals surface area contributed by atoms with Crippen LogP contribution in [0, 0.1) is 5.82 Å². The first-order valence-electron chi connectivity index (χ1n) is 10.7. The summed E-state index contributed by atoms with van der Waals surface area (Å²) in [5.74, 6) is -1.30. The molecule has 3 aromatic rings. The van der Waals surface area contributed by atoms with Gasteiger partial charge < -0.3 is 14.6 Å². The van der Waals surface area contributed by atoms with Gasteiger partial charge in [0.25, 0.3) is 0 Å². The van der Waals surface area contributed by atoms with E-state index in [9.17, 15) is 9.50 Å². The van der Waals surface area contributed by atoms with Gasteiger partial charge in [-0.25, -0.2) is 4.39 Å². The van der Waals surface area contributed by atoms with Crippen LogP contribution in [0.1, 0.15) is 29.2 Å². The van der Waals surface area contributed by atoms with Crippen LogP contribution in [0.15, 0.2) is 84.9 Å². The highest BCUT2D eigenvalue weighted by Crippen LogP contribution is 2.50. The number of hydrogen-bond acceptors (Lipinski definition) is 4. The van der Waals surface area contributed by atoms with E-state index in [1.54, 1.807) is 12.1 Å². The summed E-state index contributed by atoms with van der Waals surface area (Å²) in [7, 11) is 0. The zero-order chi connectivity index (χ0) is 21.3. The zero-order valence-electron chi connectivity index (χ0n) is 17.3. The fourth-order valence-electron chi connectivity index (χ4n) is 4.87. The van der Waals surface area contributed by atoms with Gasteiger partial charge in [0, 0.05) is 19.5 Å². The molecule has 0 bridgehead atoms. The number of benzene rings is 3. The van der Waals surface area contributed by atoms with Gasteiger partial charge in [0.2, 0.25) is 0 Å². The van der Waals surface area contributed by atoms with E-state index in [1.807, 2.05) is 48.5 Å². The molecule has 31 heavy (non-hydrogen) atoms. The summed E-state index contributed by atoms with van der Waals surface area (Å²) in [4.78, 5) is 2.31. The van der Waals surface area contributed by atoms with Gasteiger partial charge in [0.1, 0.15) is 11.4 Å². The topological polar surface area (TPSA) is 41.9 Å². The van der Waals surface area contributed by atoms with Crippen molar-refractivity contribution in [2.24, 2.45) is 0 Å². The minimum atomic E-state index is -1.14. The molecule has 2 saturated heterocycles. The third kappa shape index (κ3) is 3.90. The smallest absolute Gasteiger partial charge is 0.191 e. The van der Waals surface area contributed by atoms with Crippen molar-refractivity contribution in [1.29, 1.82) is 0 Å². The molecular formula is C26H26FNO3. The molecule has 4 nitrogen and oxygen atoms in total. The lowest BCUT2D eigenvalue weighted by atomic mass is 9.84. The van der Waals surface area contributed by atoms with Gasteiger partial charge in [0.05, 0.1) is 19.3 Å². The van der Waals surface area contributed by atoms with Crippen molar-refractivity contribution in [3.8, 4) is 0 Å². The second kappa shape index (κ2) is 8.17. The van der Waals surface area contributed by atoms with Gasteiger partial charge in [0.15, 0.2) is 5.79 Å². The molecule has 2 heterocycles. The largest absolute Gasteiger partial charge is 0.383 e. The van der Waals surface area contributed by atoms with Crippen LogP contribution in [0.5, 0.6) is 0 Å². The van der Waals surface area contributed by atoms with Crippen LogP contribution in [0.4, 0.5) is 4.39 Å². The molecule has 3 atom stereocenters. The maximum Gasteiger partial charge on any atom is 0.191 e. The molecule has 0 saturated carbocycles. The summed E-state index contributed by atoms with van der Waals surface area (Å²) in [5, 5.41) is 11.5. The maximum absolute atomic E-state index is 13.7. The van der Waals surface area contributed by atoms with Crippen molar-refractivity contribution in [2.75, 3.05) is 19.8 Å². The first kappa shape index (κ1) is 20.3. The number of aliphatic hydroxyl groups is 1. The Kier molecular flexibility index (Phi) is 5.36. The Morgan fingerprint density at radius 1 is 0.903 bits per heavy atom. The van der Waals surface area contributed by atoms with Crippen LogP contribution >= 0.6 is 0 Å². The normalized spacial score (nSPS) is 28.8. The molecule has 0 radical (unpaired) electrons. The molecule has 0 aliphatic carbocycles. The number of nitrogens with zero attached hydrogens (tertiary/aromatic N) is 1. The van der Waals surface area contributed by atoms with Crippen molar-refractivity contribution < 1.29 is 19.0 Å². The summed E-state index contributed by atoms with van der Waals surface area (Å²) in [6.45, 7) is 2.07. The Balaban J connectivity index is 1.52. The molecule has 2 aliphatic rings. The van der Waals surface area contributed by atoms with Crippen LogP contribution in [-0.2, 0) is 21.6 Å². The molecule has 2 aliphatic heterocycles. The molecule has 0 aromatic heterocycles. The molecule has 3 aromatic carbocycles. The maximum atomic E-state index is 13.7. The zero-order valence-corrected chi connectivity index (χ0v) is 17.3. The van der Waals surface area contributed by atoms with E-state index < -0.39 is 11.4 Å². The number of halogens is 1. The number of ether oxygens (including phenoxy) is 2. The van der Waals surface area contributed by atoms with Crippen molar-refractivity contribution in [2.45, 2.75) is 30.4 Å². The van der Waals surface area contributed by atoms with Gasteiger partial charge in [-0.2, -0.15) is 0 Å². The second-order valence-electron chi connectivity index (χ2n) is 8.43. The highest BCUT2D eigenvalue weighted by Gasteiger charge is 2.58. The Hall–Kier alpha value is -2.57. The van der Waals surface area contributed by atoms with Crippen molar-refractivity contribution in [1.82, 2.24) is 4.90 Å². The average Bonchev–Trinajstić information content (AvgIpc) is 3.14. The van der Waals surface area contributed by atoms with Crippen molar-refractivity contribution >= 4 is 0 Å². The monoisotopic (exact) mass is 419 g/mol. The second-order valence-corrected chi connectivity index (χ2v) is 8.43. The molecule has 5 heteroatoms. The Morgan fingerprint density at radius 2 is 1.58 bits per heavy atom. The van der Waals surface area contributed by atoms with E-state index in [0.717, 1.165) is 11.1 Å². The van der Waals surface area contributed by atoms with Gasteiger partial charge in [-0.1, -0.05) is 72.8 Å². The van der Waals surface area contributed by atoms with Crippen LogP contribution in [0.3, 0.4) is 0 Å². The lowest BCUT2D eigenvalue weighted by Gasteiger charge is -2.47. The number of hydrogen-bond donors (Lipinski definition) is 1. The minimum absolute atomic E-state index is 0.147. The van der Waals surface area contributed by atoms with Crippen molar-refractivity contribution in [3.05, 3.63) is 107 Å². The lowest BCUT2D eigenvalue weighted by molar-refractivity contribution is -0.276. The highest BCUT2D eigenvalue weighted by atomic mass is 19.1. The quantitative estimate of drug-likeness (QED) is 0.681. The SMILES string of the molecule is OC1(c2ccccc2)COC2(C1)OCCN(Cc1ccccc1)C2c1ccc(F)cc1. The lowest BCUT2D eigenvalue weighted by Crippen LogP contribution is -2.54. The Labute approximate surface area is 181 Å². The van der Waals surface area contributed by atoms with Gasteiger partial charge in [-0.3, -0.25) is 4.90 Å². The van der Waals surface area contributed by atoms with Gasteiger partial charge in [-0.15, -0.1) is 0 Å². The van der Waals surface area contributed by atoms with E-state index in [4.69, 9.17) is 9.47 Å². The first-order chi connectivity index (χ1) is 15.1. The van der Waals surface area contributed by atoms with Crippen LogP contribution < -0.4 is 0 Å². The Morgan fingerprint density at radius 3 is 2.29 bits per heavy atom. The standard InChI is InChI=1S/C26H26FNO3/c27-23-13-11-21(12-14-23)24-26(18-25(29,19-31-26)22-9-5-2-6-10-22)30-16-15-28(24)17-20-7-3-1-4-8-20/h1-14,24,29H,15-19H2. The molecular weight excluding hydrogens is 393 g/mol. The fraction of sp³-hybridized carbons (Fsp3) is 0.308. The Bertz CT molecular complexity index is 1010. The van der Waals surface area contributed by atoms with E-state index >= 15 is 0 Å². The minimum Gasteiger partial charge on any atom is -0.383 e. The van der Waals surface area contributed by atoms with Gasteiger partial charge in [-0.05, 0) is 28.8 Å². The molecule has 2 fully saturated rings. The first-order valence-corrected chi connectivity index (χ1v) is 10.7. The highest BCUT2D eigenvalue weighted by molar-refractivity contribution is 5.29. The third-order valence-corrected chi connectivity index (χ3v) is 6.33. The van der Waals surface area contributed by atoms with Crippen LogP contribution in [-0.4, -0.2) is 35.6 Å². The summed E-state index contributed by atoms with van der Waals surface area (Å²) >= 11 is 0. The fourth-order valence-corrected chi connectivity index (χ4v) is 4.87. The van der Waals surface area contributed by atoms with Crippen LogP contribution in [0.25, 0.3) is 0 Å². The van der Waals surface area contributed by atoms with Gasteiger partial charge >= 0.3 is 0 Å². The van der Waals surface area contributed by atoms with E-state index in [2.05, 4.69) is 17.0 Å². The number of rotatable bonds is 4. The third-order valence-electron chi connectivity index (χ3n) is 6.33. The summed E-state index contributed by atoms with van der Waals surface area (Å²) in [6, 6.07) is 26.1. The predicted octanol–water partition coefficient (Wildman–Crippen LogP) is 4.40. The van der Waals surface area contributed by atoms with Crippen molar-refractivity contribution in [3.63, 3.8) is 0 Å². The predicted molar refractivity (Wildman–Crippen MR) is 116 cm³/mol. The summed E-state index contributed by atoms with van der Waals surface area (Å²) in [5.41, 5.74) is 1.76. The molecule has 1 spiro atoms. The van der Waals surface area contributed by atoms with E-state index in [0.29, 0.717) is 26.1 Å². The van der Waals surface area contributed by atoms with E-state index in [-0.39, 0.29) is 18.5 Å².